The molecule has 3 N–H and O–H groups in total. The van der Waals surface area contributed by atoms with Crippen molar-refractivity contribution in [3.05, 3.63) is 41.4 Å². The molecule has 1 aromatic heterocycles. The summed E-state index contributed by atoms with van der Waals surface area (Å²) in [5, 5.41) is 17.5. The Kier molecular flexibility index (Phi) is 6.36. The minimum absolute atomic E-state index is 0.0452. The van der Waals surface area contributed by atoms with Gasteiger partial charge in [-0.15, -0.1) is 11.3 Å². The minimum Gasteiger partial charge on any atom is -0.394 e. The SMILES string of the molecule is CCC(CO)NC(=O)NCCc1csc(-c2ccccc2)n1. The zero-order chi connectivity index (χ0) is 15.8. The Morgan fingerprint density at radius 2 is 2.14 bits per heavy atom. The number of carbonyl (C=O) groups excluding carboxylic acids is 1. The van der Waals surface area contributed by atoms with Crippen molar-refractivity contribution in [1.29, 1.82) is 0 Å². The molecule has 0 aliphatic heterocycles. The molecule has 0 aliphatic carbocycles. The van der Waals surface area contributed by atoms with Crippen molar-refractivity contribution in [2.24, 2.45) is 0 Å². The first-order chi connectivity index (χ1) is 10.7. The molecule has 2 aromatic rings. The Morgan fingerprint density at radius 1 is 1.36 bits per heavy atom. The lowest BCUT2D eigenvalue weighted by atomic mass is 10.2. The predicted molar refractivity (Wildman–Crippen MR) is 89.0 cm³/mol. The Morgan fingerprint density at radius 3 is 2.82 bits per heavy atom. The third-order valence-corrected chi connectivity index (χ3v) is 4.23. The van der Waals surface area contributed by atoms with Crippen molar-refractivity contribution in [3.8, 4) is 10.6 Å². The molecule has 0 spiro atoms. The van der Waals surface area contributed by atoms with Crippen LogP contribution < -0.4 is 10.6 Å². The van der Waals surface area contributed by atoms with Crippen LogP contribution in [0.4, 0.5) is 4.79 Å². The highest BCUT2D eigenvalue weighted by molar-refractivity contribution is 7.13. The van der Waals surface area contributed by atoms with E-state index in [1.54, 1.807) is 11.3 Å². The van der Waals surface area contributed by atoms with Crippen LogP contribution in [0, 0.1) is 0 Å². The van der Waals surface area contributed by atoms with Crippen LogP contribution in [0.25, 0.3) is 10.6 Å². The lowest BCUT2D eigenvalue weighted by Crippen LogP contribution is -2.44. The van der Waals surface area contributed by atoms with E-state index in [0.29, 0.717) is 19.4 Å². The summed E-state index contributed by atoms with van der Waals surface area (Å²) in [5.41, 5.74) is 2.08. The standard InChI is InChI=1S/C16H21N3O2S/c1-2-13(10-20)19-16(21)17-9-8-14-11-22-15(18-14)12-6-4-3-5-7-12/h3-7,11,13,20H,2,8-10H2,1H3,(H2,17,19,21). The van der Waals surface area contributed by atoms with Gasteiger partial charge in [-0.3, -0.25) is 0 Å². The van der Waals surface area contributed by atoms with Gasteiger partial charge < -0.3 is 15.7 Å². The van der Waals surface area contributed by atoms with Crippen molar-refractivity contribution < 1.29 is 9.90 Å². The van der Waals surface area contributed by atoms with Gasteiger partial charge in [0.25, 0.3) is 0 Å². The van der Waals surface area contributed by atoms with Crippen molar-refractivity contribution in [2.45, 2.75) is 25.8 Å². The second-order valence-corrected chi connectivity index (χ2v) is 5.81. The quantitative estimate of drug-likeness (QED) is 0.734. The summed E-state index contributed by atoms with van der Waals surface area (Å²) < 4.78 is 0. The fourth-order valence-electron chi connectivity index (χ4n) is 1.95. The van der Waals surface area contributed by atoms with Crippen LogP contribution in [0.15, 0.2) is 35.7 Å². The molecule has 0 saturated heterocycles. The third kappa shape index (κ3) is 4.82. The number of nitrogens with zero attached hydrogens (tertiary/aromatic N) is 1. The van der Waals surface area contributed by atoms with Crippen molar-refractivity contribution in [3.63, 3.8) is 0 Å². The molecule has 22 heavy (non-hydrogen) atoms. The first kappa shape index (κ1) is 16.5. The van der Waals surface area contributed by atoms with E-state index in [2.05, 4.69) is 15.6 Å². The first-order valence-electron chi connectivity index (χ1n) is 7.38. The first-order valence-corrected chi connectivity index (χ1v) is 8.26. The molecule has 1 aromatic carbocycles. The number of thiazole rings is 1. The van der Waals surface area contributed by atoms with E-state index in [0.717, 1.165) is 16.3 Å². The van der Waals surface area contributed by atoms with Gasteiger partial charge in [-0.25, -0.2) is 9.78 Å². The molecule has 5 nitrogen and oxygen atoms in total. The van der Waals surface area contributed by atoms with Gasteiger partial charge in [0.1, 0.15) is 5.01 Å². The fourth-order valence-corrected chi connectivity index (χ4v) is 2.81. The van der Waals surface area contributed by atoms with Gasteiger partial charge in [0.15, 0.2) is 0 Å². The summed E-state index contributed by atoms with van der Waals surface area (Å²) in [5.74, 6) is 0. The number of nitrogens with one attached hydrogen (secondary N) is 2. The Balaban J connectivity index is 1.78. The molecule has 0 fully saturated rings. The molecule has 2 rings (SSSR count). The van der Waals surface area contributed by atoms with Crippen LogP contribution in [-0.4, -0.2) is 35.3 Å². The van der Waals surface area contributed by atoms with Gasteiger partial charge in [0, 0.05) is 23.9 Å². The van der Waals surface area contributed by atoms with Gasteiger partial charge in [-0.05, 0) is 6.42 Å². The zero-order valence-electron chi connectivity index (χ0n) is 12.6. The highest BCUT2D eigenvalue weighted by Gasteiger charge is 2.09. The average Bonchev–Trinajstić information content (AvgIpc) is 3.02. The van der Waals surface area contributed by atoms with Crippen molar-refractivity contribution in [1.82, 2.24) is 15.6 Å². The molecule has 0 bridgehead atoms. The Bertz CT molecular complexity index is 582. The van der Waals surface area contributed by atoms with Gasteiger partial charge >= 0.3 is 6.03 Å². The number of rotatable bonds is 7. The van der Waals surface area contributed by atoms with Crippen LogP contribution >= 0.6 is 11.3 Å². The lowest BCUT2D eigenvalue weighted by molar-refractivity contribution is 0.214. The second kappa shape index (κ2) is 8.51. The van der Waals surface area contributed by atoms with Crippen LogP contribution in [0.3, 0.4) is 0 Å². The van der Waals surface area contributed by atoms with E-state index in [9.17, 15) is 4.79 Å². The van der Waals surface area contributed by atoms with E-state index < -0.39 is 0 Å². The number of benzene rings is 1. The average molecular weight is 319 g/mol. The minimum atomic E-state index is -0.251. The number of carbonyl (C=O) groups is 1. The number of amides is 2. The number of aliphatic hydroxyl groups excluding tert-OH is 1. The summed E-state index contributed by atoms with van der Waals surface area (Å²) in [6.45, 7) is 2.39. The number of hydrogen-bond acceptors (Lipinski definition) is 4. The number of aromatic nitrogens is 1. The van der Waals surface area contributed by atoms with Gasteiger partial charge in [-0.2, -0.15) is 0 Å². The van der Waals surface area contributed by atoms with Crippen LogP contribution in [-0.2, 0) is 6.42 Å². The molecule has 0 radical (unpaired) electrons. The van der Waals surface area contributed by atoms with E-state index in [1.165, 1.54) is 0 Å². The molecular formula is C16H21N3O2S. The summed E-state index contributed by atoms with van der Waals surface area (Å²) in [7, 11) is 0. The summed E-state index contributed by atoms with van der Waals surface area (Å²) >= 11 is 1.61. The Labute approximate surface area is 134 Å². The van der Waals surface area contributed by atoms with Crippen LogP contribution in [0.5, 0.6) is 0 Å². The van der Waals surface area contributed by atoms with Crippen LogP contribution in [0.1, 0.15) is 19.0 Å². The van der Waals surface area contributed by atoms with Crippen LogP contribution in [0.2, 0.25) is 0 Å². The normalized spacial score (nSPS) is 11.9. The largest absolute Gasteiger partial charge is 0.394 e. The van der Waals surface area contributed by atoms with E-state index in [-0.39, 0.29) is 18.7 Å². The van der Waals surface area contributed by atoms with E-state index >= 15 is 0 Å². The second-order valence-electron chi connectivity index (χ2n) is 4.95. The summed E-state index contributed by atoms with van der Waals surface area (Å²) in [6.07, 6.45) is 1.39. The molecule has 0 saturated carbocycles. The monoisotopic (exact) mass is 319 g/mol. The molecule has 6 heteroatoms. The maximum atomic E-state index is 11.6. The molecule has 1 unspecified atom stereocenters. The zero-order valence-corrected chi connectivity index (χ0v) is 13.4. The van der Waals surface area contributed by atoms with E-state index in [4.69, 9.17) is 5.11 Å². The van der Waals surface area contributed by atoms with Gasteiger partial charge in [-0.1, -0.05) is 37.3 Å². The molecule has 1 atom stereocenters. The topological polar surface area (TPSA) is 74.2 Å². The van der Waals surface area contributed by atoms with Gasteiger partial charge in [0.2, 0.25) is 0 Å². The summed E-state index contributed by atoms with van der Waals surface area (Å²) in [4.78, 5) is 16.2. The fraction of sp³-hybridized carbons (Fsp3) is 0.375. The number of hydrogen-bond donors (Lipinski definition) is 3. The van der Waals surface area contributed by atoms with Gasteiger partial charge in [0.05, 0.1) is 18.3 Å². The van der Waals surface area contributed by atoms with E-state index in [1.807, 2.05) is 42.6 Å². The smallest absolute Gasteiger partial charge is 0.315 e. The summed E-state index contributed by atoms with van der Waals surface area (Å²) in [6, 6.07) is 9.60. The molecule has 0 aliphatic rings. The Hall–Kier alpha value is -1.92. The number of urea groups is 1. The van der Waals surface area contributed by atoms with Crippen molar-refractivity contribution >= 4 is 17.4 Å². The maximum Gasteiger partial charge on any atom is 0.315 e. The highest BCUT2D eigenvalue weighted by atomic mass is 32.1. The molecule has 1 heterocycles. The predicted octanol–water partition coefficient (Wildman–Crippen LogP) is 2.42. The molecular weight excluding hydrogens is 298 g/mol. The lowest BCUT2D eigenvalue weighted by Gasteiger charge is -2.14. The maximum absolute atomic E-state index is 11.6. The highest BCUT2D eigenvalue weighted by Crippen LogP contribution is 2.23. The third-order valence-electron chi connectivity index (χ3n) is 3.29. The van der Waals surface area contributed by atoms with Crippen molar-refractivity contribution in [2.75, 3.05) is 13.2 Å². The molecule has 2 amide bonds. The molecule has 118 valence electrons. The number of aliphatic hydroxyl groups is 1.